The number of hydrogen-bond acceptors (Lipinski definition) is 4. The maximum Gasteiger partial charge on any atom is 0.169 e. The summed E-state index contributed by atoms with van der Waals surface area (Å²) in [6, 6.07) is 1.49. The summed E-state index contributed by atoms with van der Waals surface area (Å²) in [7, 11) is 2.11. The SMILES string of the molecule is CN1CCC(CNc2c(N)cc(N)c(Cl)c2F)CC1. The van der Waals surface area contributed by atoms with Crippen molar-refractivity contribution < 1.29 is 4.39 Å². The lowest BCUT2D eigenvalue weighted by Gasteiger charge is -2.29. The smallest absolute Gasteiger partial charge is 0.169 e. The minimum Gasteiger partial charge on any atom is -0.397 e. The summed E-state index contributed by atoms with van der Waals surface area (Å²) < 4.78 is 14.0. The van der Waals surface area contributed by atoms with E-state index in [1.807, 2.05) is 0 Å². The zero-order valence-corrected chi connectivity index (χ0v) is 11.8. The minimum absolute atomic E-state index is 0.0694. The lowest BCUT2D eigenvalue weighted by Crippen LogP contribution is -2.33. The Bertz CT molecular complexity index is 458. The molecule has 0 atom stereocenters. The van der Waals surface area contributed by atoms with E-state index in [0.717, 1.165) is 25.9 Å². The molecule has 0 amide bonds. The van der Waals surface area contributed by atoms with E-state index in [4.69, 9.17) is 23.1 Å². The Balaban J connectivity index is 2.02. The Morgan fingerprint density at radius 2 is 2.00 bits per heavy atom. The first-order chi connectivity index (χ1) is 8.99. The molecule has 0 spiro atoms. The van der Waals surface area contributed by atoms with Crippen molar-refractivity contribution in [1.82, 2.24) is 4.90 Å². The van der Waals surface area contributed by atoms with Crippen LogP contribution in [0, 0.1) is 11.7 Å². The largest absolute Gasteiger partial charge is 0.397 e. The van der Waals surface area contributed by atoms with Gasteiger partial charge in [-0.2, -0.15) is 0 Å². The first-order valence-corrected chi connectivity index (χ1v) is 6.82. The molecule has 0 aromatic heterocycles. The summed E-state index contributed by atoms with van der Waals surface area (Å²) >= 11 is 5.79. The van der Waals surface area contributed by atoms with Gasteiger partial charge in [-0.3, -0.25) is 0 Å². The second-order valence-corrected chi connectivity index (χ2v) is 5.56. The van der Waals surface area contributed by atoms with Crippen LogP contribution in [0.3, 0.4) is 0 Å². The third-order valence-corrected chi connectivity index (χ3v) is 4.06. The number of nitrogens with zero attached hydrogens (tertiary/aromatic N) is 1. The van der Waals surface area contributed by atoms with E-state index in [0.29, 0.717) is 18.2 Å². The van der Waals surface area contributed by atoms with Crippen LogP contribution in [0.15, 0.2) is 6.07 Å². The topological polar surface area (TPSA) is 67.3 Å². The van der Waals surface area contributed by atoms with Crippen molar-refractivity contribution in [3.05, 3.63) is 16.9 Å². The summed E-state index contributed by atoms with van der Waals surface area (Å²) in [6.45, 7) is 2.86. The molecule has 1 aliphatic heterocycles. The third-order valence-electron chi connectivity index (χ3n) is 3.67. The molecule has 4 nitrogen and oxygen atoms in total. The zero-order valence-electron chi connectivity index (χ0n) is 11.0. The summed E-state index contributed by atoms with van der Waals surface area (Å²) in [5.41, 5.74) is 12.1. The van der Waals surface area contributed by atoms with Crippen LogP contribution in [-0.2, 0) is 0 Å². The summed E-state index contributed by atoms with van der Waals surface area (Å²) in [6.07, 6.45) is 2.21. The maximum absolute atomic E-state index is 14.0. The van der Waals surface area contributed by atoms with Gasteiger partial charge in [0.2, 0.25) is 0 Å². The Morgan fingerprint density at radius 1 is 1.37 bits per heavy atom. The number of piperidine rings is 1. The van der Waals surface area contributed by atoms with E-state index in [9.17, 15) is 4.39 Å². The van der Waals surface area contributed by atoms with Gasteiger partial charge in [0.05, 0.1) is 17.1 Å². The predicted molar refractivity (Wildman–Crippen MR) is 78.9 cm³/mol. The first kappa shape index (κ1) is 14.2. The van der Waals surface area contributed by atoms with Crippen molar-refractivity contribution in [1.29, 1.82) is 0 Å². The van der Waals surface area contributed by atoms with E-state index in [-0.39, 0.29) is 16.4 Å². The monoisotopic (exact) mass is 286 g/mol. The van der Waals surface area contributed by atoms with Crippen LogP contribution < -0.4 is 16.8 Å². The summed E-state index contributed by atoms with van der Waals surface area (Å²) in [4.78, 5) is 2.30. The predicted octanol–water partition coefficient (Wildman–Crippen LogP) is 2.40. The molecule has 1 saturated heterocycles. The third kappa shape index (κ3) is 3.22. The van der Waals surface area contributed by atoms with Crippen LogP contribution in [0.5, 0.6) is 0 Å². The highest BCUT2D eigenvalue weighted by molar-refractivity contribution is 6.33. The van der Waals surface area contributed by atoms with E-state index >= 15 is 0 Å². The van der Waals surface area contributed by atoms with Gasteiger partial charge in [-0.25, -0.2) is 4.39 Å². The highest BCUT2D eigenvalue weighted by atomic mass is 35.5. The fourth-order valence-corrected chi connectivity index (χ4v) is 2.51. The molecule has 0 aliphatic carbocycles. The van der Waals surface area contributed by atoms with Gasteiger partial charge in [0.1, 0.15) is 5.02 Å². The average molecular weight is 287 g/mol. The lowest BCUT2D eigenvalue weighted by atomic mass is 9.97. The van der Waals surface area contributed by atoms with Gasteiger partial charge < -0.3 is 21.7 Å². The van der Waals surface area contributed by atoms with Gasteiger partial charge in [-0.1, -0.05) is 11.6 Å². The van der Waals surface area contributed by atoms with Crippen molar-refractivity contribution >= 4 is 28.7 Å². The molecule has 0 unspecified atom stereocenters. The lowest BCUT2D eigenvalue weighted by molar-refractivity contribution is 0.226. The van der Waals surface area contributed by atoms with Crippen LogP contribution in [-0.4, -0.2) is 31.6 Å². The molecular formula is C13H20ClFN4. The van der Waals surface area contributed by atoms with E-state index in [1.54, 1.807) is 0 Å². The van der Waals surface area contributed by atoms with Crippen LogP contribution in [0.2, 0.25) is 5.02 Å². The van der Waals surface area contributed by atoms with Gasteiger partial charge in [0.25, 0.3) is 0 Å². The van der Waals surface area contributed by atoms with Crippen molar-refractivity contribution in [2.45, 2.75) is 12.8 Å². The fourth-order valence-electron chi connectivity index (χ4n) is 2.36. The van der Waals surface area contributed by atoms with Gasteiger partial charge in [0.15, 0.2) is 5.82 Å². The molecule has 1 aromatic carbocycles. The molecule has 1 aromatic rings. The number of benzene rings is 1. The Kier molecular flexibility index (Phi) is 4.37. The van der Waals surface area contributed by atoms with Crippen LogP contribution in [0.1, 0.15) is 12.8 Å². The normalized spacial score (nSPS) is 17.6. The average Bonchev–Trinajstić information content (AvgIpc) is 2.38. The molecule has 5 N–H and O–H groups in total. The number of anilines is 3. The maximum atomic E-state index is 14.0. The first-order valence-electron chi connectivity index (χ1n) is 6.44. The van der Waals surface area contributed by atoms with Crippen molar-refractivity contribution in [3.8, 4) is 0 Å². The van der Waals surface area contributed by atoms with Crippen LogP contribution >= 0.6 is 11.6 Å². The molecule has 1 fully saturated rings. The Hall–Kier alpha value is -1.20. The van der Waals surface area contributed by atoms with Gasteiger partial charge in [-0.05, 0) is 45.0 Å². The molecule has 0 saturated carbocycles. The van der Waals surface area contributed by atoms with Gasteiger partial charge >= 0.3 is 0 Å². The highest BCUT2D eigenvalue weighted by Gasteiger charge is 2.19. The van der Waals surface area contributed by atoms with E-state index in [2.05, 4.69) is 17.3 Å². The van der Waals surface area contributed by atoms with E-state index in [1.165, 1.54) is 6.07 Å². The van der Waals surface area contributed by atoms with Crippen molar-refractivity contribution in [2.75, 3.05) is 43.5 Å². The van der Waals surface area contributed by atoms with Crippen LogP contribution in [0.25, 0.3) is 0 Å². The molecule has 6 heteroatoms. The Labute approximate surface area is 117 Å². The fraction of sp³-hybridized carbons (Fsp3) is 0.538. The molecular weight excluding hydrogens is 267 g/mol. The van der Waals surface area contributed by atoms with Crippen molar-refractivity contribution in [3.63, 3.8) is 0 Å². The number of hydrogen-bond donors (Lipinski definition) is 3. The number of nitrogens with one attached hydrogen (secondary N) is 1. The summed E-state index contributed by atoms with van der Waals surface area (Å²) in [5, 5.41) is 3.01. The number of likely N-dealkylation sites (tertiary alicyclic amines) is 1. The van der Waals surface area contributed by atoms with E-state index < -0.39 is 5.82 Å². The molecule has 0 bridgehead atoms. The number of halogens is 2. The highest BCUT2D eigenvalue weighted by Crippen LogP contribution is 2.34. The van der Waals surface area contributed by atoms with Gasteiger partial charge in [-0.15, -0.1) is 0 Å². The van der Waals surface area contributed by atoms with Gasteiger partial charge in [0, 0.05) is 6.54 Å². The number of nitrogens with two attached hydrogens (primary N) is 2. The molecule has 2 rings (SSSR count). The van der Waals surface area contributed by atoms with Crippen LogP contribution in [0.4, 0.5) is 21.5 Å². The van der Waals surface area contributed by atoms with Crippen molar-refractivity contribution in [2.24, 2.45) is 5.92 Å². The molecule has 1 aliphatic rings. The quantitative estimate of drug-likeness (QED) is 0.747. The second-order valence-electron chi connectivity index (χ2n) is 5.19. The molecule has 19 heavy (non-hydrogen) atoms. The minimum atomic E-state index is -0.563. The number of rotatable bonds is 3. The number of nitrogen functional groups attached to an aromatic ring is 2. The second kappa shape index (κ2) is 5.84. The Morgan fingerprint density at radius 3 is 2.63 bits per heavy atom. The summed E-state index contributed by atoms with van der Waals surface area (Å²) in [5.74, 6) is -0.0292. The molecule has 0 radical (unpaired) electrons. The standard InChI is InChI=1S/C13H20ClFN4/c1-19-4-2-8(3-5-19)7-18-13-10(17)6-9(16)11(14)12(13)15/h6,8,18H,2-5,7,16-17H2,1H3. The molecule has 1 heterocycles. The molecule has 106 valence electrons. The zero-order chi connectivity index (χ0) is 14.0.